The number of carboxylic acid groups (broad SMARTS) is 1. The molecule has 0 radical (unpaired) electrons. The maximum Gasteiger partial charge on any atom is 0.326 e. The highest BCUT2D eigenvalue weighted by Crippen LogP contribution is 2.16. The van der Waals surface area contributed by atoms with E-state index in [1.807, 2.05) is 32.0 Å². The van der Waals surface area contributed by atoms with Crippen molar-refractivity contribution < 1.29 is 19.4 Å². The Balaban J connectivity index is 2.65. The quantitative estimate of drug-likeness (QED) is 0.743. The van der Waals surface area contributed by atoms with Crippen molar-refractivity contribution in [2.24, 2.45) is 0 Å². The highest BCUT2D eigenvalue weighted by Gasteiger charge is 2.19. The van der Waals surface area contributed by atoms with Gasteiger partial charge < -0.3 is 20.5 Å². The molecule has 0 aliphatic rings. The van der Waals surface area contributed by atoms with Gasteiger partial charge in [0.15, 0.2) is 0 Å². The van der Waals surface area contributed by atoms with Gasteiger partial charge in [0, 0.05) is 25.8 Å². The molecule has 3 N–H and O–H groups in total. The van der Waals surface area contributed by atoms with Crippen LogP contribution < -0.4 is 10.6 Å². The fraction of sp³-hybridized carbons (Fsp3) is 0.429. The van der Waals surface area contributed by atoms with E-state index in [9.17, 15) is 9.59 Å². The lowest BCUT2D eigenvalue weighted by Crippen LogP contribution is -2.43. The number of aryl methyl sites for hydroxylation is 2. The number of methoxy groups -OCH3 is 1. The van der Waals surface area contributed by atoms with Gasteiger partial charge in [0.25, 0.3) is 0 Å². The zero-order valence-corrected chi connectivity index (χ0v) is 11.9. The second-order valence-electron chi connectivity index (χ2n) is 4.59. The molecule has 0 aliphatic carbocycles. The van der Waals surface area contributed by atoms with Crippen LogP contribution in [0.2, 0.25) is 0 Å². The second-order valence-corrected chi connectivity index (χ2v) is 4.59. The Morgan fingerprint density at radius 1 is 1.35 bits per heavy atom. The fourth-order valence-electron chi connectivity index (χ4n) is 1.68. The van der Waals surface area contributed by atoms with Crippen molar-refractivity contribution in [2.75, 3.05) is 19.0 Å². The third-order valence-electron chi connectivity index (χ3n) is 2.86. The minimum atomic E-state index is -1.09. The summed E-state index contributed by atoms with van der Waals surface area (Å²) in [5, 5.41) is 14.1. The summed E-state index contributed by atoms with van der Waals surface area (Å²) >= 11 is 0. The highest BCUT2D eigenvalue weighted by atomic mass is 16.5. The molecule has 0 heterocycles. The van der Waals surface area contributed by atoms with Gasteiger partial charge in [-0.15, -0.1) is 0 Å². The Kier molecular flexibility index (Phi) is 5.99. The molecule has 6 heteroatoms. The van der Waals surface area contributed by atoms with Crippen molar-refractivity contribution >= 4 is 17.7 Å². The second kappa shape index (κ2) is 7.49. The van der Waals surface area contributed by atoms with E-state index in [-0.39, 0.29) is 13.0 Å². The molecule has 1 rings (SSSR count). The van der Waals surface area contributed by atoms with Crippen LogP contribution in [0.3, 0.4) is 0 Å². The zero-order valence-electron chi connectivity index (χ0n) is 11.9. The number of urea groups is 1. The molecule has 2 amide bonds. The standard InChI is InChI=1S/C14H20N2O4/c1-9-4-5-10(2)12(8-9)16-14(19)15-11(13(17)18)6-7-20-3/h4-5,8,11H,6-7H2,1-3H3,(H,17,18)(H2,15,16,19). The lowest BCUT2D eigenvalue weighted by molar-refractivity contribution is -0.139. The predicted octanol–water partition coefficient (Wildman–Crippen LogP) is 1.91. The maximum absolute atomic E-state index is 11.8. The van der Waals surface area contributed by atoms with Gasteiger partial charge in [0.05, 0.1) is 0 Å². The first-order valence-electron chi connectivity index (χ1n) is 6.30. The number of rotatable bonds is 6. The third kappa shape index (κ3) is 4.89. The lowest BCUT2D eigenvalue weighted by Gasteiger charge is -2.15. The number of carbonyl (C=O) groups excluding carboxylic acids is 1. The van der Waals surface area contributed by atoms with Gasteiger partial charge in [-0.3, -0.25) is 0 Å². The molecule has 0 aliphatic heterocycles. The average molecular weight is 280 g/mol. The molecular weight excluding hydrogens is 260 g/mol. The van der Waals surface area contributed by atoms with Crippen LogP contribution in [0.4, 0.5) is 10.5 Å². The molecule has 0 saturated carbocycles. The van der Waals surface area contributed by atoms with Crippen LogP contribution in [0, 0.1) is 13.8 Å². The van der Waals surface area contributed by atoms with Crippen LogP contribution in [-0.2, 0) is 9.53 Å². The van der Waals surface area contributed by atoms with Crippen molar-refractivity contribution in [3.05, 3.63) is 29.3 Å². The van der Waals surface area contributed by atoms with E-state index >= 15 is 0 Å². The number of anilines is 1. The van der Waals surface area contributed by atoms with Crippen LogP contribution in [-0.4, -0.2) is 36.9 Å². The van der Waals surface area contributed by atoms with Crippen molar-refractivity contribution in [1.82, 2.24) is 5.32 Å². The topological polar surface area (TPSA) is 87.7 Å². The lowest BCUT2D eigenvalue weighted by atomic mass is 10.1. The molecule has 20 heavy (non-hydrogen) atoms. The smallest absolute Gasteiger partial charge is 0.326 e. The molecule has 1 atom stereocenters. The minimum absolute atomic E-state index is 0.214. The molecule has 1 unspecified atom stereocenters. The molecule has 0 fully saturated rings. The number of nitrogens with one attached hydrogen (secondary N) is 2. The number of hydrogen-bond acceptors (Lipinski definition) is 3. The Morgan fingerprint density at radius 2 is 2.05 bits per heavy atom. The van der Waals surface area contributed by atoms with E-state index in [0.29, 0.717) is 5.69 Å². The first-order chi connectivity index (χ1) is 9.43. The van der Waals surface area contributed by atoms with Crippen LogP contribution in [0.5, 0.6) is 0 Å². The van der Waals surface area contributed by atoms with Gasteiger partial charge in [0.1, 0.15) is 6.04 Å². The van der Waals surface area contributed by atoms with Gasteiger partial charge in [-0.1, -0.05) is 12.1 Å². The Morgan fingerprint density at radius 3 is 2.65 bits per heavy atom. The number of carboxylic acids is 1. The van der Waals surface area contributed by atoms with E-state index in [1.165, 1.54) is 7.11 Å². The fourth-order valence-corrected chi connectivity index (χ4v) is 1.68. The van der Waals surface area contributed by atoms with Crippen LogP contribution in [0.25, 0.3) is 0 Å². The molecule has 110 valence electrons. The maximum atomic E-state index is 11.8. The van der Waals surface area contributed by atoms with Crippen molar-refractivity contribution in [3.63, 3.8) is 0 Å². The largest absolute Gasteiger partial charge is 0.480 e. The summed E-state index contributed by atoms with van der Waals surface area (Å²) in [6.45, 7) is 4.05. The molecule has 0 spiro atoms. The number of hydrogen-bond donors (Lipinski definition) is 3. The third-order valence-corrected chi connectivity index (χ3v) is 2.86. The summed E-state index contributed by atoms with van der Waals surface area (Å²) in [6.07, 6.45) is 0.214. The van der Waals surface area contributed by atoms with Crippen molar-refractivity contribution in [3.8, 4) is 0 Å². The minimum Gasteiger partial charge on any atom is -0.480 e. The summed E-state index contributed by atoms with van der Waals surface area (Å²) in [6, 6.07) is 4.16. The SMILES string of the molecule is COCCC(NC(=O)Nc1cc(C)ccc1C)C(=O)O. The number of aliphatic carboxylic acids is 1. The molecule has 0 aromatic heterocycles. The van der Waals surface area contributed by atoms with Gasteiger partial charge in [-0.2, -0.15) is 0 Å². The van der Waals surface area contributed by atoms with E-state index in [1.54, 1.807) is 0 Å². The number of carbonyl (C=O) groups is 2. The van der Waals surface area contributed by atoms with Gasteiger partial charge >= 0.3 is 12.0 Å². The summed E-state index contributed by atoms with van der Waals surface area (Å²) < 4.78 is 4.82. The van der Waals surface area contributed by atoms with Crippen LogP contribution in [0.1, 0.15) is 17.5 Å². The van der Waals surface area contributed by atoms with Crippen molar-refractivity contribution in [2.45, 2.75) is 26.3 Å². The molecule has 0 saturated heterocycles. The normalized spacial score (nSPS) is 11.8. The first kappa shape index (κ1) is 16.0. The monoisotopic (exact) mass is 280 g/mol. The molecular formula is C14H20N2O4. The summed E-state index contributed by atoms with van der Waals surface area (Å²) in [4.78, 5) is 22.8. The van der Waals surface area contributed by atoms with Gasteiger partial charge in [-0.25, -0.2) is 9.59 Å². The van der Waals surface area contributed by atoms with E-state index in [4.69, 9.17) is 9.84 Å². The zero-order chi connectivity index (χ0) is 15.1. The molecule has 0 bridgehead atoms. The first-order valence-corrected chi connectivity index (χ1v) is 6.30. The Labute approximate surface area is 118 Å². The van der Waals surface area contributed by atoms with E-state index < -0.39 is 18.0 Å². The molecule has 1 aromatic carbocycles. The average Bonchev–Trinajstić information content (AvgIpc) is 2.38. The summed E-state index contributed by atoms with van der Waals surface area (Å²) in [5.74, 6) is -1.09. The van der Waals surface area contributed by atoms with Crippen molar-refractivity contribution in [1.29, 1.82) is 0 Å². The van der Waals surface area contributed by atoms with Gasteiger partial charge in [0.2, 0.25) is 0 Å². The Bertz CT molecular complexity index is 488. The van der Waals surface area contributed by atoms with Gasteiger partial charge in [-0.05, 0) is 31.0 Å². The molecule has 1 aromatic rings. The predicted molar refractivity (Wildman–Crippen MR) is 76.0 cm³/mol. The number of benzene rings is 1. The van der Waals surface area contributed by atoms with E-state index in [0.717, 1.165) is 11.1 Å². The highest BCUT2D eigenvalue weighted by molar-refractivity contribution is 5.92. The molecule has 6 nitrogen and oxygen atoms in total. The van der Waals surface area contributed by atoms with Crippen LogP contribution >= 0.6 is 0 Å². The summed E-state index contributed by atoms with van der Waals surface area (Å²) in [7, 11) is 1.48. The summed E-state index contributed by atoms with van der Waals surface area (Å²) in [5.41, 5.74) is 2.59. The van der Waals surface area contributed by atoms with E-state index in [2.05, 4.69) is 10.6 Å². The Hall–Kier alpha value is -2.08. The number of amides is 2. The van der Waals surface area contributed by atoms with Crippen LogP contribution in [0.15, 0.2) is 18.2 Å². The number of ether oxygens (including phenoxy) is 1.